The number of anilines is 1. The van der Waals surface area contributed by atoms with E-state index >= 15 is 0 Å². The van der Waals surface area contributed by atoms with Gasteiger partial charge in [0.25, 0.3) is 10.0 Å². The van der Waals surface area contributed by atoms with E-state index in [0.717, 1.165) is 18.5 Å². The van der Waals surface area contributed by atoms with Crippen molar-refractivity contribution in [1.29, 1.82) is 0 Å². The molecule has 1 aliphatic rings. The molecule has 0 unspecified atom stereocenters. The molecule has 2 aromatic heterocycles. The van der Waals surface area contributed by atoms with Crippen molar-refractivity contribution < 1.29 is 8.42 Å². The molecule has 0 saturated heterocycles. The summed E-state index contributed by atoms with van der Waals surface area (Å²) in [5, 5.41) is 4.60. The van der Waals surface area contributed by atoms with Crippen molar-refractivity contribution in [3.63, 3.8) is 0 Å². The molecule has 1 fully saturated rings. The molecule has 0 amide bonds. The summed E-state index contributed by atoms with van der Waals surface area (Å²) in [6.45, 7) is 3.98. The summed E-state index contributed by atoms with van der Waals surface area (Å²) in [7, 11) is -1.97. The number of aryl methyl sites for hydroxylation is 2. The summed E-state index contributed by atoms with van der Waals surface area (Å²) in [6.07, 6.45) is 3.85. The van der Waals surface area contributed by atoms with Crippen molar-refractivity contribution in [2.24, 2.45) is 7.05 Å². The number of aromatic nitrogens is 3. The SMILES string of the molecule is CCN(c1cccnc1C)S(=O)(=O)c1cc(C2CC2)nn1C. The molecule has 22 heavy (non-hydrogen) atoms. The van der Waals surface area contributed by atoms with Gasteiger partial charge in [-0.2, -0.15) is 13.5 Å². The fraction of sp³-hybridized carbons (Fsp3) is 0.467. The third-order valence-electron chi connectivity index (χ3n) is 3.94. The number of rotatable bonds is 5. The van der Waals surface area contributed by atoms with Gasteiger partial charge in [-0.25, -0.2) is 0 Å². The lowest BCUT2D eigenvalue weighted by molar-refractivity contribution is 0.572. The topological polar surface area (TPSA) is 68.1 Å². The molecule has 0 radical (unpaired) electrons. The number of pyridine rings is 1. The fourth-order valence-corrected chi connectivity index (χ4v) is 4.28. The lowest BCUT2D eigenvalue weighted by Gasteiger charge is -2.23. The van der Waals surface area contributed by atoms with Crippen molar-refractivity contribution in [3.8, 4) is 0 Å². The first-order chi connectivity index (χ1) is 10.4. The minimum absolute atomic E-state index is 0.236. The second-order valence-corrected chi connectivity index (χ2v) is 7.39. The van der Waals surface area contributed by atoms with Crippen LogP contribution in [0.25, 0.3) is 0 Å². The molecule has 0 bridgehead atoms. The van der Waals surface area contributed by atoms with Crippen LogP contribution in [0.2, 0.25) is 0 Å². The Morgan fingerprint density at radius 3 is 2.73 bits per heavy atom. The van der Waals surface area contributed by atoms with E-state index in [9.17, 15) is 8.42 Å². The summed E-state index contributed by atoms with van der Waals surface area (Å²) >= 11 is 0. The maximum absolute atomic E-state index is 13.0. The molecule has 1 aliphatic carbocycles. The van der Waals surface area contributed by atoms with Crippen LogP contribution in [0.15, 0.2) is 29.4 Å². The van der Waals surface area contributed by atoms with Crippen molar-refractivity contribution >= 4 is 15.7 Å². The molecule has 118 valence electrons. The minimum Gasteiger partial charge on any atom is -0.264 e. The van der Waals surface area contributed by atoms with Gasteiger partial charge in [-0.1, -0.05) is 0 Å². The van der Waals surface area contributed by atoms with Gasteiger partial charge >= 0.3 is 0 Å². The zero-order valence-corrected chi connectivity index (χ0v) is 13.8. The molecular weight excluding hydrogens is 300 g/mol. The molecule has 0 atom stereocenters. The van der Waals surface area contributed by atoms with Crippen LogP contribution in [-0.4, -0.2) is 29.7 Å². The highest BCUT2D eigenvalue weighted by atomic mass is 32.2. The summed E-state index contributed by atoms with van der Waals surface area (Å²) < 4.78 is 28.9. The van der Waals surface area contributed by atoms with Crippen molar-refractivity contribution in [2.75, 3.05) is 10.8 Å². The first-order valence-corrected chi connectivity index (χ1v) is 8.87. The van der Waals surface area contributed by atoms with E-state index in [1.165, 1.54) is 8.99 Å². The van der Waals surface area contributed by atoms with E-state index in [0.29, 0.717) is 23.8 Å². The van der Waals surface area contributed by atoms with Gasteiger partial charge in [-0.15, -0.1) is 0 Å². The Labute approximate surface area is 130 Å². The van der Waals surface area contributed by atoms with E-state index < -0.39 is 10.0 Å². The molecule has 2 aromatic rings. The summed E-state index contributed by atoms with van der Waals surface area (Å²) in [6, 6.07) is 5.24. The highest BCUT2D eigenvalue weighted by Crippen LogP contribution is 2.40. The van der Waals surface area contributed by atoms with Crippen LogP contribution >= 0.6 is 0 Å². The Morgan fingerprint density at radius 2 is 2.14 bits per heavy atom. The van der Waals surface area contributed by atoms with Gasteiger partial charge in [0.15, 0.2) is 5.03 Å². The number of sulfonamides is 1. The molecular formula is C15H20N4O2S. The minimum atomic E-state index is -3.65. The monoisotopic (exact) mass is 320 g/mol. The van der Waals surface area contributed by atoms with E-state index in [1.807, 2.05) is 13.8 Å². The van der Waals surface area contributed by atoms with Crippen LogP contribution in [0.5, 0.6) is 0 Å². The van der Waals surface area contributed by atoms with Crippen molar-refractivity contribution in [1.82, 2.24) is 14.8 Å². The predicted octanol–water partition coefficient (Wildman–Crippen LogP) is 2.22. The molecule has 0 aliphatic heterocycles. The molecule has 0 aromatic carbocycles. The molecule has 3 rings (SSSR count). The molecule has 1 saturated carbocycles. The van der Waals surface area contributed by atoms with E-state index in [2.05, 4.69) is 10.1 Å². The predicted molar refractivity (Wildman–Crippen MR) is 84.4 cm³/mol. The number of hydrogen-bond donors (Lipinski definition) is 0. The average molecular weight is 320 g/mol. The second kappa shape index (κ2) is 5.39. The maximum atomic E-state index is 13.0. The maximum Gasteiger partial charge on any atom is 0.281 e. The average Bonchev–Trinajstić information content (AvgIpc) is 3.24. The third-order valence-corrected chi connectivity index (χ3v) is 5.89. The van der Waals surface area contributed by atoms with Gasteiger partial charge in [0.1, 0.15) is 0 Å². The van der Waals surface area contributed by atoms with Crippen molar-refractivity contribution in [2.45, 2.75) is 37.6 Å². The van der Waals surface area contributed by atoms with Gasteiger partial charge in [-0.3, -0.25) is 14.0 Å². The third kappa shape index (κ3) is 2.49. The first kappa shape index (κ1) is 15.0. The zero-order chi connectivity index (χ0) is 15.9. The highest BCUT2D eigenvalue weighted by Gasteiger charge is 2.32. The highest BCUT2D eigenvalue weighted by molar-refractivity contribution is 7.92. The van der Waals surface area contributed by atoms with Gasteiger partial charge in [0.2, 0.25) is 0 Å². The van der Waals surface area contributed by atoms with Gasteiger partial charge in [0.05, 0.1) is 17.1 Å². The van der Waals surface area contributed by atoms with Gasteiger partial charge in [-0.05, 0) is 38.8 Å². The summed E-state index contributed by atoms with van der Waals surface area (Å²) in [4.78, 5) is 4.19. The first-order valence-electron chi connectivity index (χ1n) is 7.43. The standard InChI is InChI=1S/C15H20N4O2S/c1-4-19(14-6-5-9-16-11(14)2)22(20,21)15-10-13(12-7-8-12)17-18(15)3/h5-6,9-10,12H,4,7-8H2,1-3H3. The van der Waals surface area contributed by atoms with Crippen LogP contribution in [0.4, 0.5) is 5.69 Å². The van der Waals surface area contributed by atoms with E-state index in [4.69, 9.17) is 0 Å². The van der Waals surface area contributed by atoms with Crippen LogP contribution < -0.4 is 4.31 Å². The molecule has 6 nitrogen and oxygen atoms in total. The number of nitrogens with zero attached hydrogens (tertiary/aromatic N) is 4. The van der Waals surface area contributed by atoms with Crippen molar-refractivity contribution in [3.05, 3.63) is 35.8 Å². The smallest absolute Gasteiger partial charge is 0.264 e. The molecule has 0 spiro atoms. The van der Waals surface area contributed by atoms with Crippen LogP contribution in [0, 0.1) is 6.92 Å². The van der Waals surface area contributed by atoms with Gasteiger partial charge in [0, 0.05) is 31.8 Å². The largest absolute Gasteiger partial charge is 0.281 e. The lowest BCUT2D eigenvalue weighted by atomic mass is 10.3. The van der Waals surface area contributed by atoms with Crippen LogP contribution in [-0.2, 0) is 17.1 Å². The quantitative estimate of drug-likeness (QED) is 0.847. The Balaban J connectivity index is 2.05. The van der Waals surface area contributed by atoms with Crippen LogP contribution in [0.3, 0.4) is 0 Å². The Morgan fingerprint density at radius 1 is 1.41 bits per heavy atom. The zero-order valence-electron chi connectivity index (χ0n) is 13.0. The molecule has 7 heteroatoms. The summed E-state index contributed by atoms with van der Waals surface area (Å²) in [5.74, 6) is 0.422. The van der Waals surface area contributed by atoms with Crippen LogP contribution in [0.1, 0.15) is 37.1 Å². The normalized spacial score (nSPS) is 15.0. The Bertz CT molecular complexity index is 794. The second-order valence-electron chi connectivity index (χ2n) is 5.58. The lowest BCUT2D eigenvalue weighted by Crippen LogP contribution is -2.32. The van der Waals surface area contributed by atoms with Gasteiger partial charge < -0.3 is 0 Å². The molecule has 0 N–H and O–H groups in total. The fourth-order valence-electron chi connectivity index (χ4n) is 2.61. The Hall–Kier alpha value is -1.89. The van der Waals surface area contributed by atoms with E-state index in [1.54, 1.807) is 31.4 Å². The van der Waals surface area contributed by atoms with E-state index in [-0.39, 0.29) is 5.03 Å². The molecule has 2 heterocycles. The summed E-state index contributed by atoms with van der Waals surface area (Å²) in [5.41, 5.74) is 2.18. The number of hydrogen-bond acceptors (Lipinski definition) is 4. The Kier molecular flexibility index (Phi) is 3.68.